The Bertz CT molecular complexity index is 802. The van der Waals surface area contributed by atoms with Gasteiger partial charge in [-0.1, -0.05) is 41.6 Å². The van der Waals surface area contributed by atoms with Gasteiger partial charge in [-0.15, -0.1) is 10.2 Å². The van der Waals surface area contributed by atoms with Crippen LogP contribution < -0.4 is 11.2 Å². The van der Waals surface area contributed by atoms with E-state index in [1.165, 1.54) is 16.4 Å². The molecule has 8 heteroatoms. The van der Waals surface area contributed by atoms with Gasteiger partial charge < -0.3 is 11.2 Å². The summed E-state index contributed by atoms with van der Waals surface area (Å²) in [5, 5.41) is 20.8. The second-order valence-electron chi connectivity index (χ2n) is 6.28. The molecule has 1 aromatic carbocycles. The summed E-state index contributed by atoms with van der Waals surface area (Å²) in [6.45, 7) is 2.01. The molecule has 0 atom stereocenters. The Morgan fingerprint density at radius 1 is 1.36 bits per heavy atom. The standard InChI is InChI=1S/C17H20N6OS/c1-12-4-6-13(7-5-12)15-21-22-16(23(15)19)25-10-14(24)20-17(11-18)8-2-3-9-17/h4-7H,2-3,8-10,19H2,1H3,(H,20,24). The molecule has 1 aliphatic carbocycles. The maximum atomic E-state index is 12.2. The SMILES string of the molecule is Cc1ccc(-c2nnc(SCC(=O)NC3(C#N)CCCC3)n2N)cc1. The van der Waals surface area contributed by atoms with Crippen molar-refractivity contribution in [2.45, 2.75) is 43.3 Å². The molecule has 1 saturated carbocycles. The normalized spacial score (nSPS) is 15.7. The van der Waals surface area contributed by atoms with Gasteiger partial charge in [-0.25, -0.2) is 4.68 Å². The van der Waals surface area contributed by atoms with Crippen molar-refractivity contribution in [1.82, 2.24) is 20.2 Å². The van der Waals surface area contributed by atoms with Gasteiger partial charge in [0, 0.05) is 5.56 Å². The van der Waals surface area contributed by atoms with Crippen LogP contribution in [0.4, 0.5) is 0 Å². The first kappa shape index (κ1) is 17.3. The average Bonchev–Trinajstić information content (AvgIpc) is 3.21. The third-order valence-corrected chi connectivity index (χ3v) is 5.30. The van der Waals surface area contributed by atoms with Crippen molar-refractivity contribution < 1.29 is 4.79 Å². The molecule has 1 fully saturated rings. The topological polar surface area (TPSA) is 110 Å². The molecule has 2 aromatic rings. The molecule has 0 bridgehead atoms. The Hall–Kier alpha value is -2.53. The highest BCUT2D eigenvalue weighted by molar-refractivity contribution is 7.99. The van der Waals surface area contributed by atoms with Gasteiger partial charge >= 0.3 is 0 Å². The zero-order valence-electron chi connectivity index (χ0n) is 14.0. The number of hydrogen-bond donors (Lipinski definition) is 2. The molecule has 3 N–H and O–H groups in total. The zero-order chi connectivity index (χ0) is 17.9. The fourth-order valence-electron chi connectivity index (χ4n) is 2.95. The maximum absolute atomic E-state index is 12.2. The smallest absolute Gasteiger partial charge is 0.231 e. The van der Waals surface area contributed by atoms with Crippen LogP contribution >= 0.6 is 11.8 Å². The van der Waals surface area contributed by atoms with Crippen molar-refractivity contribution >= 4 is 17.7 Å². The van der Waals surface area contributed by atoms with Crippen molar-refractivity contribution in [3.63, 3.8) is 0 Å². The Morgan fingerprint density at radius 3 is 2.68 bits per heavy atom. The van der Waals surface area contributed by atoms with Gasteiger partial charge in [-0.3, -0.25) is 4.79 Å². The molecule has 3 rings (SSSR count). The third kappa shape index (κ3) is 3.77. The number of carbonyl (C=O) groups excluding carboxylic acids is 1. The number of hydrogen-bond acceptors (Lipinski definition) is 6. The first-order valence-corrected chi connectivity index (χ1v) is 9.14. The number of nitriles is 1. The van der Waals surface area contributed by atoms with Crippen molar-refractivity contribution in [1.29, 1.82) is 5.26 Å². The molecule has 0 unspecified atom stereocenters. The molecule has 0 spiro atoms. The number of nitrogens with one attached hydrogen (secondary N) is 1. The Balaban J connectivity index is 1.63. The van der Waals surface area contributed by atoms with Gasteiger partial charge in [0.25, 0.3) is 0 Å². The first-order chi connectivity index (χ1) is 12.0. The summed E-state index contributed by atoms with van der Waals surface area (Å²) >= 11 is 1.21. The lowest BCUT2D eigenvalue weighted by Gasteiger charge is -2.21. The third-order valence-electron chi connectivity index (χ3n) is 4.36. The van der Waals surface area contributed by atoms with E-state index in [1.807, 2.05) is 31.2 Å². The average molecular weight is 356 g/mol. The number of aryl methyl sites for hydroxylation is 1. The minimum absolute atomic E-state index is 0.145. The molecule has 1 heterocycles. The molecule has 0 aliphatic heterocycles. The number of rotatable bonds is 5. The predicted molar refractivity (Wildman–Crippen MR) is 96.0 cm³/mol. The van der Waals surface area contributed by atoms with Crippen LogP contribution in [-0.4, -0.2) is 32.1 Å². The number of thioether (sulfide) groups is 1. The second kappa shape index (κ2) is 7.15. The van der Waals surface area contributed by atoms with E-state index in [4.69, 9.17) is 5.84 Å². The highest BCUT2D eigenvalue weighted by atomic mass is 32.2. The summed E-state index contributed by atoms with van der Waals surface area (Å²) in [4.78, 5) is 12.2. The zero-order valence-corrected chi connectivity index (χ0v) is 14.8. The van der Waals surface area contributed by atoms with Crippen LogP contribution in [0.15, 0.2) is 29.4 Å². The van der Waals surface area contributed by atoms with E-state index in [-0.39, 0.29) is 11.7 Å². The van der Waals surface area contributed by atoms with E-state index in [2.05, 4.69) is 21.6 Å². The minimum Gasteiger partial charge on any atom is -0.337 e. The molecule has 1 aromatic heterocycles. The lowest BCUT2D eigenvalue weighted by atomic mass is 10.0. The van der Waals surface area contributed by atoms with Gasteiger partial charge in [0.1, 0.15) is 5.54 Å². The maximum Gasteiger partial charge on any atom is 0.231 e. The highest BCUT2D eigenvalue weighted by Crippen LogP contribution is 2.29. The Kier molecular flexibility index (Phi) is 4.95. The van der Waals surface area contributed by atoms with Crippen LogP contribution in [0.2, 0.25) is 0 Å². The van der Waals surface area contributed by atoms with Crippen LogP contribution in [0.25, 0.3) is 11.4 Å². The van der Waals surface area contributed by atoms with Crippen LogP contribution in [0.5, 0.6) is 0 Å². The summed E-state index contributed by atoms with van der Waals surface area (Å²) < 4.78 is 1.39. The monoisotopic (exact) mass is 356 g/mol. The van der Waals surface area contributed by atoms with Gasteiger partial charge in [0.05, 0.1) is 11.8 Å². The molecular formula is C17H20N6OS. The van der Waals surface area contributed by atoms with Crippen LogP contribution in [-0.2, 0) is 4.79 Å². The van der Waals surface area contributed by atoms with Crippen molar-refractivity contribution in [2.24, 2.45) is 0 Å². The summed E-state index contributed by atoms with van der Waals surface area (Å²) in [5.41, 5.74) is 1.31. The molecule has 7 nitrogen and oxygen atoms in total. The number of benzene rings is 1. The van der Waals surface area contributed by atoms with E-state index in [0.29, 0.717) is 23.8 Å². The number of nitrogens with zero attached hydrogens (tertiary/aromatic N) is 4. The largest absolute Gasteiger partial charge is 0.337 e. The summed E-state index contributed by atoms with van der Waals surface area (Å²) in [5.74, 6) is 6.57. The summed E-state index contributed by atoms with van der Waals surface area (Å²) in [6, 6.07) is 10.1. The number of amides is 1. The van der Waals surface area contributed by atoms with Gasteiger partial charge in [-0.2, -0.15) is 5.26 Å². The Morgan fingerprint density at radius 2 is 2.04 bits per heavy atom. The van der Waals surface area contributed by atoms with E-state index in [0.717, 1.165) is 24.0 Å². The first-order valence-electron chi connectivity index (χ1n) is 8.16. The lowest BCUT2D eigenvalue weighted by Crippen LogP contribution is -2.45. The number of carbonyl (C=O) groups is 1. The molecule has 0 saturated heterocycles. The summed E-state index contributed by atoms with van der Waals surface area (Å²) in [7, 11) is 0. The highest BCUT2D eigenvalue weighted by Gasteiger charge is 2.35. The molecule has 1 amide bonds. The van der Waals surface area contributed by atoms with Crippen molar-refractivity contribution in [2.75, 3.05) is 11.6 Å². The molecule has 130 valence electrons. The van der Waals surface area contributed by atoms with Crippen LogP contribution in [0.1, 0.15) is 31.2 Å². The fraction of sp³-hybridized carbons (Fsp3) is 0.412. The molecule has 1 aliphatic rings. The number of nitrogens with two attached hydrogens (primary N) is 1. The quantitative estimate of drug-likeness (QED) is 0.626. The molecular weight excluding hydrogens is 336 g/mol. The number of aromatic nitrogens is 3. The number of nitrogen functional groups attached to an aromatic ring is 1. The van der Waals surface area contributed by atoms with E-state index in [9.17, 15) is 10.1 Å². The molecule has 25 heavy (non-hydrogen) atoms. The lowest BCUT2D eigenvalue weighted by molar-refractivity contribution is -0.119. The molecule has 0 radical (unpaired) electrons. The van der Waals surface area contributed by atoms with E-state index < -0.39 is 5.54 Å². The summed E-state index contributed by atoms with van der Waals surface area (Å²) in [6.07, 6.45) is 3.37. The second-order valence-corrected chi connectivity index (χ2v) is 7.22. The van der Waals surface area contributed by atoms with Gasteiger partial charge in [-0.05, 0) is 32.6 Å². The van der Waals surface area contributed by atoms with Crippen LogP contribution in [0, 0.1) is 18.3 Å². The fourth-order valence-corrected chi connectivity index (χ4v) is 3.61. The van der Waals surface area contributed by atoms with E-state index >= 15 is 0 Å². The van der Waals surface area contributed by atoms with Gasteiger partial charge in [0.2, 0.25) is 11.1 Å². The van der Waals surface area contributed by atoms with Crippen LogP contribution in [0.3, 0.4) is 0 Å². The van der Waals surface area contributed by atoms with E-state index in [1.54, 1.807) is 0 Å². The van der Waals surface area contributed by atoms with Crippen molar-refractivity contribution in [3.8, 4) is 17.5 Å². The van der Waals surface area contributed by atoms with Crippen molar-refractivity contribution in [3.05, 3.63) is 29.8 Å². The van der Waals surface area contributed by atoms with Gasteiger partial charge in [0.15, 0.2) is 5.82 Å². The predicted octanol–water partition coefficient (Wildman–Crippen LogP) is 2.01. The minimum atomic E-state index is -0.707. The Labute approximate surface area is 150 Å².